The number of hydroxylamine groups is 2. The lowest BCUT2D eigenvalue weighted by atomic mass is 9.74. The van der Waals surface area contributed by atoms with Crippen LogP contribution >= 0.6 is 0 Å². The summed E-state index contributed by atoms with van der Waals surface area (Å²) in [6, 6.07) is 0. The Morgan fingerprint density at radius 1 is 1.38 bits per heavy atom. The average Bonchev–Trinajstić information content (AvgIpc) is 2.01. The first-order valence-electron chi connectivity index (χ1n) is 5.01. The minimum Gasteiger partial charge on any atom is -0.330 e. The zero-order chi connectivity index (χ0) is 10.3. The molecule has 3 nitrogen and oxygen atoms in total. The van der Waals surface area contributed by atoms with Crippen LogP contribution in [0.15, 0.2) is 0 Å². The molecule has 1 saturated heterocycles. The lowest BCUT2D eigenvalue weighted by molar-refractivity contribution is -0.257. The fourth-order valence-electron chi connectivity index (χ4n) is 2.35. The number of piperidine rings is 1. The normalized spacial score (nSPS) is 33.2. The zero-order valence-electron chi connectivity index (χ0n) is 9.17. The van der Waals surface area contributed by atoms with E-state index in [9.17, 15) is 5.21 Å². The van der Waals surface area contributed by atoms with Crippen LogP contribution in [0.1, 0.15) is 40.5 Å². The summed E-state index contributed by atoms with van der Waals surface area (Å²) in [6.07, 6.45) is 2.11. The van der Waals surface area contributed by atoms with Gasteiger partial charge in [0.1, 0.15) is 0 Å². The van der Waals surface area contributed by atoms with Gasteiger partial charge in [0.05, 0.1) is 0 Å². The molecule has 1 rings (SSSR count). The van der Waals surface area contributed by atoms with Crippen LogP contribution in [0.4, 0.5) is 0 Å². The predicted octanol–water partition coefficient (Wildman–Crippen LogP) is 1.60. The highest BCUT2D eigenvalue weighted by molar-refractivity contribution is 4.97. The highest BCUT2D eigenvalue weighted by Crippen LogP contribution is 2.39. The smallest absolute Gasteiger partial charge is 0.0450 e. The van der Waals surface area contributed by atoms with Crippen LogP contribution in [0.3, 0.4) is 0 Å². The molecule has 1 unspecified atom stereocenters. The Hall–Kier alpha value is -0.120. The van der Waals surface area contributed by atoms with Crippen LogP contribution < -0.4 is 5.73 Å². The summed E-state index contributed by atoms with van der Waals surface area (Å²) in [5.41, 5.74) is 5.38. The molecule has 1 aliphatic heterocycles. The van der Waals surface area contributed by atoms with Crippen molar-refractivity contribution in [3.63, 3.8) is 0 Å². The number of nitrogens with two attached hydrogens (primary N) is 1. The third kappa shape index (κ3) is 1.73. The SMILES string of the molecule is CC1(C)CCC(CN)C(C)(C)N1O. The van der Waals surface area contributed by atoms with Crippen molar-refractivity contribution in [2.75, 3.05) is 6.54 Å². The van der Waals surface area contributed by atoms with Crippen LogP contribution in [0.25, 0.3) is 0 Å². The molecule has 1 atom stereocenters. The second kappa shape index (κ2) is 3.23. The Kier molecular flexibility index (Phi) is 2.72. The molecular formula is C10H22N2O. The van der Waals surface area contributed by atoms with Crippen molar-refractivity contribution in [2.45, 2.75) is 51.6 Å². The maximum absolute atomic E-state index is 10.0. The lowest BCUT2D eigenvalue weighted by Gasteiger charge is -2.52. The largest absolute Gasteiger partial charge is 0.330 e. The molecule has 78 valence electrons. The van der Waals surface area contributed by atoms with Crippen LogP contribution in [-0.2, 0) is 0 Å². The molecule has 0 bridgehead atoms. The van der Waals surface area contributed by atoms with Crippen LogP contribution in [0.5, 0.6) is 0 Å². The van der Waals surface area contributed by atoms with Crippen molar-refractivity contribution in [1.82, 2.24) is 5.06 Å². The van der Waals surface area contributed by atoms with Crippen LogP contribution in [0, 0.1) is 5.92 Å². The highest BCUT2D eigenvalue weighted by Gasteiger charge is 2.46. The molecule has 3 heteroatoms. The highest BCUT2D eigenvalue weighted by atomic mass is 16.5. The maximum Gasteiger partial charge on any atom is 0.0450 e. The van der Waals surface area contributed by atoms with Crippen molar-refractivity contribution < 1.29 is 5.21 Å². The van der Waals surface area contributed by atoms with Crippen molar-refractivity contribution in [2.24, 2.45) is 11.7 Å². The molecule has 0 aliphatic carbocycles. The monoisotopic (exact) mass is 186 g/mol. The van der Waals surface area contributed by atoms with Gasteiger partial charge in [-0.2, -0.15) is 5.06 Å². The summed E-state index contributed by atoms with van der Waals surface area (Å²) >= 11 is 0. The number of rotatable bonds is 1. The van der Waals surface area contributed by atoms with Gasteiger partial charge in [-0.1, -0.05) is 0 Å². The Morgan fingerprint density at radius 3 is 2.38 bits per heavy atom. The van der Waals surface area contributed by atoms with Crippen LogP contribution in [0.2, 0.25) is 0 Å². The third-order valence-corrected chi connectivity index (χ3v) is 3.51. The number of nitrogens with zero attached hydrogens (tertiary/aromatic N) is 1. The van der Waals surface area contributed by atoms with E-state index >= 15 is 0 Å². The molecule has 0 radical (unpaired) electrons. The van der Waals surface area contributed by atoms with E-state index in [-0.39, 0.29) is 11.1 Å². The van der Waals surface area contributed by atoms with Gasteiger partial charge in [0, 0.05) is 11.1 Å². The van der Waals surface area contributed by atoms with Crippen molar-refractivity contribution >= 4 is 0 Å². The van der Waals surface area contributed by atoms with E-state index in [2.05, 4.69) is 27.7 Å². The summed E-state index contributed by atoms with van der Waals surface area (Å²) in [4.78, 5) is 0. The van der Waals surface area contributed by atoms with E-state index in [0.29, 0.717) is 12.5 Å². The molecule has 1 aliphatic rings. The quantitative estimate of drug-likeness (QED) is 0.654. The Bertz CT molecular complexity index is 189. The van der Waals surface area contributed by atoms with Gasteiger partial charge in [-0.25, -0.2) is 0 Å². The van der Waals surface area contributed by atoms with Gasteiger partial charge in [0.25, 0.3) is 0 Å². The average molecular weight is 186 g/mol. The van der Waals surface area contributed by atoms with E-state index in [0.717, 1.165) is 12.8 Å². The predicted molar refractivity (Wildman–Crippen MR) is 53.6 cm³/mol. The zero-order valence-corrected chi connectivity index (χ0v) is 9.17. The van der Waals surface area contributed by atoms with Gasteiger partial charge in [-0.15, -0.1) is 0 Å². The van der Waals surface area contributed by atoms with Gasteiger partial charge in [0.15, 0.2) is 0 Å². The van der Waals surface area contributed by atoms with E-state index in [1.165, 1.54) is 5.06 Å². The van der Waals surface area contributed by atoms with Crippen molar-refractivity contribution in [1.29, 1.82) is 0 Å². The van der Waals surface area contributed by atoms with Gasteiger partial charge in [0.2, 0.25) is 0 Å². The number of hydrogen-bond acceptors (Lipinski definition) is 3. The summed E-state index contributed by atoms with van der Waals surface area (Å²) < 4.78 is 0. The fourth-order valence-corrected chi connectivity index (χ4v) is 2.35. The standard InChI is InChI=1S/C10H22N2O/c1-9(2)6-5-8(7-11)10(3,4)12(9)13/h8,13H,5-7,11H2,1-4H3. The molecule has 0 saturated carbocycles. The second-order valence-electron chi connectivity index (χ2n) is 5.25. The third-order valence-electron chi connectivity index (χ3n) is 3.51. The molecule has 1 fully saturated rings. The van der Waals surface area contributed by atoms with E-state index < -0.39 is 0 Å². The topological polar surface area (TPSA) is 49.5 Å². The molecular weight excluding hydrogens is 164 g/mol. The molecule has 0 aromatic carbocycles. The molecule has 13 heavy (non-hydrogen) atoms. The lowest BCUT2D eigenvalue weighted by Crippen LogP contribution is -2.62. The Labute approximate surface area is 80.9 Å². The molecule has 0 spiro atoms. The molecule has 0 amide bonds. The van der Waals surface area contributed by atoms with Crippen molar-refractivity contribution in [3.8, 4) is 0 Å². The fraction of sp³-hybridized carbons (Fsp3) is 1.00. The Balaban J connectivity index is 2.85. The molecule has 0 aromatic rings. The Morgan fingerprint density at radius 2 is 1.92 bits per heavy atom. The van der Waals surface area contributed by atoms with E-state index in [1.807, 2.05) is 0 Å². The van der Waals surface area contributed by atoms with E-state index in [4.69, 9.17) is 5.73 Å². The second-order valence-corrected chi connectivity index (χ2v) is 5.25. The van der Waals surface area contributed by atoms with Gasteiger partial charge in [-0.05, 0) is 53.0 Å². The van der Waals surface area contributed by atoms with Gasteiger partial charge >= 0.3 is 0 Å². The summed E-state index contributed by atoms with van der Waals surface area (Å²) in [7, 11) is 0. The van der Waals surface area contributed by atoms with Crippen molar-refractivity contribution in [3.05, 3.63) is 0 Å². The number of hydrogen-bond donors (Lipinski definition) is 2. The molecule has 3 N–H and O–H groups in total. The van der Waals surface area contributed by atoms with Gasteiger partial charge < -0.3 is 10.9 Å². The molecule has 1 heterocycles. The van der Waals surface area contributed by atoms with E-state index in [1.54, 1.807) is 0 Å². The maximum atomic E-state index is 10.0. The minimum absolute atomic E-state index is 0.116. The van der Waals surface area contributed by atoms with Gasteiger partial charge in [-0.3, -0.25) is 0 Å². The first kappa shape index (κ1) is 11.0. The van der Waals surface area contributed by atoms with Crippen LogP contribution in [-0.4, -0.2) is 27.9 Å². The summed E-state index contributed by atoms with van der Waals surface area (Å²) in [5, 5.41) is 11.5. The first-order chi connectivity index (χ1) is 5.82. The minimum atomic E-state index is -0.198. The summed E-state index contributed by atoms with van der Waals surface area (Å²) in [6.45, 7) is 8.92. The summed E-state index contributed by atoms with van der Waals surface area (Å²) in [5.74, 6) is 0.394. The first-order valence-corrected chi connectivity index (χ1v) is 5.01. The molecule has 0 aromatic heterocycles.